The SMILES string of the molecule is CC(O)Cc1cccnc1Cl. The zero-order valence-corrected chi connectivity index (χ0v) is 7.04. The Morgan fingerprint density at radius 3 is 3.00 bits per heavy atom. The van der Waals surface area contributed by atoms with E-state index < -0.39 is 0 Å². The smallest absolute Gasteiger partial charge is 0.132 e. The number of hydrogen-bond donors (Lipinski definition) is 1. The van der Waals surface area contributed by atoms with E-state index in [1.54, 1.807) is 13.1 Å². The van der Waals surface area contributed by atoms with Crippen molar-refractivity contribution in [3.63, 3.8) is 0 Å². The summed E-state index contributed by atoms with van der Waals surface area (Å²) in [6.07, 6.45) is 1.83. The minimum absolute atomic E-state index is 0.364. The highest BCUT2D eigenvalue weighted by atomic mass is 35.5. The lowest BCUT2D eigenvalue weighted by atomic mass is 10.1. The van der Waals surface area contributed by atoms with Gasteiger partial charge >= 0.3 is 0 Å². The Kier molecular flexibility index (Phi) is 2.85. The Hall–Kier alpha value is -0.600. The first-order chi connectivity index (χ1) is 5.20. The molecular formula is C8H10ClNO. The molecule has 0 bridgehead atoms. The van der Waals surface area contributed by atoms with Gasteiger partial charge in [-0.2, -0.15) is 0 Å². The molecule has 0 fully saturated rings. The highest BCUT2D eigenvalue weighted by Crippen LogP contribution is 2.12. The maximum absolute atomic E-state index is 9.04. The molecule has 0 amide bonds. The van der Waals surface area contributed by atoms with E-state index in [2.05, 4.69) is 4.98 Å². The number of halogens is 1. The zero-order chi connectivity index (χ0) is 8.27. The number of nitrogens with zero attached hydrogens (tertiary/aromatic N) is 1. The van der Waals surface area contributed by atoms with E-state index >= 15 is 0 Å². The van der Waals surface area contributed by atoms with Gasteiger partial charge in [-0.3, -0.25) is 0 Å². The Labute approximate surface area is 70.8 Å². The van der Waals surface area contributed by atoms with Gasteiger partial charge in [0.15, 0.2) is 0 Å². The molecule has 0 saturated carbocycles. The van der Waals surface area contributed by atoms with Gasteiger partial charge in [0, 0.05) is 12.6 Å². The summed E-state index contributed by atoms with van der Waals surface area (Å²) in [6, 6.07) is 3.67. The van der Waals surface area contributed by atoms with E-state index in [9.17, 15) is 0 Å². The molecule has 11 heavy (non-hydrogen) atoms. The third-order valence-electron chi connectivity index (χ3n) is 1.35. The number of aromatic nitrogens is 1. The van der Waals surface area contributed by atoms with Crippen LogP contribution in [0, 0.1) is 0 Å². The molecule has 0 radical (unpaired) electrons. The van der Waals surface area contributed by atoms with Crippen LogP contribution in [0.3, 0.4) is 0 Å². The van der Waals surface area contributed by atoms with Crippen molar-refractivity contribution in [3.8, 4) is 0 Å². The van der Waals surface area contributed by atoms with Crippen LogP contribution in [-0.4, -0.2) is 16.2 Å². The van der Waals surface area contributed by atoms with Crippen molar-refractivity contribution in [2.24, 2.45) is 0 Å². The second kappa shape index (κ2) is 3.69. The van der Waals surface area contributed by atoms with Crippen LogP contribution in [0.4, 0.5) is 0 Å². The van der Waals surface area contributed by atoms with Crippen molar-refractivity contribution in [1.29, 1.82) is 0 Å². The molecule has 0 aromatic carbocycles. The molecule has 1 aromatic rings. The molecule has 1 aromatic heterocycles. The van der Waals surface area contributed by atoms with Gasteiger partial charge in [0.05, 0.1) is 6.10 Å². The van der Waals surface area contributed by atoms with Crippen LogP contribution in [0.15, 0.2) is 18.3 Å². The average Bonchev–Trinajstić information content (AvgIpc) is 1.93. The Bertz CT molecular complexity index is 237. The lowest BCUT2D eigenvalue weighted by Gasteiger charge is -2.04. The minimum atomic E-state index is -0.364. The van der Waals surface area contributed by atoms with E-state index in [1.165, 1.54) is 0 Å². The van der Waals surface area contributed by atoms with Crippen LogP contribution in [0.5, 0.6) is 0 Å². The summed E-state index contributed by atoms with van der Waals surface area (Å²) in [5.41, 5.74) is 0.893. The monoisotopic (exact) mass is 171 g/mol. The van der Waals surface area contributed by atoms with E-state index in [0.29, 0.717) is 11.6 Å². The zero-order valence-electron chi connectivity index (χ0n) is 6.29. The van der Waals surface area contributed by atoms with Crippen LogP contribution in [0.25, 0.3) is 0 Å². The molecular weight excluding hydrogens is 162 g/mol. The van der Waals surface area contributed by atoms with Crippen LogP contribution in [0.2, 0.25) is 5.15 Å². The van der Waals surface area contributed by atoms with Gasteiger partial charge in [0.1, 0.15) is 5.15 Å². The predicted molar refractivity (Wildman–Crippen MR) is 44.6 cm³/mol. The summed E-state index contributed by atoms with van der Waals surface area (Å²) in [7, 11) is 0. The first-order valence-electron chi connectivity index (χ1n) is 3.47. The number of aliphatic hydroxyl groups excluding tert-OH is 1. The van der Waals surface area contributed by atoms with Crippen LogP contribution in [0.1, 0.15) is 12.5 Å². The molecule has 2 nitrogen and oxygen atoms in total. The third kappa shape index (κ3) is 2.48. The van der Waals surface area contributed by atoms with Crippen molar-refractivity contribution in [3.05, 3.63) is 29.0 Å². The van der Waals surface area contributed by atoms with Crippen molar-refractivity contribution >= 4 is 11.6 Å². The van der Waals surface area contributed by atoms with Gasteiger partial charge in [0.2, 0.25) is 0 Å². The molecule has 1 unspecified atom stereocenters. The molecule has 0 saturated heterocycles. The fourth-order valence-electron chi connectivity index (χ4n) is 0.890. The lowest BCUT2D eigenvalue weighted by molar-refractivity contribution is 0.195. The summed E-state index contributed by atoms with van der Waals surface area (Å²) < 4.78 is 0. The van der Waals surface area contributed by atoms with Crippen LogP contribution in [-0.2, 0) is 6.42 Å². The van der Waals surface area contributed by atoms with Gasteiger partial charge in [-0.05, 0) is 18.6 Å². The Balaban J connectivity index is 2.78. The summed E-state index contributed by atoms with van der Waals surface area (Å²) >= 11 is 5.75. The van der Waals surface area contributed by atoms with Gasteiger partial charge in [-0.15, -0.1) is 0 Å². The third-order valence-corrected chi connectivity index (χ3v) is 1.69. The fourth-order valence-corrected chi connectivity index (χ4v) is 1.09. The summed E-state index contributed by atoms with van der Waals surface area (Å²) in [5, 5.41) is 9.52. The summed E-state index contributed by atoms with van der Waals surface area (Å²) in [5.74, 6) is 0. The first-order valence-corrected chi connectivity index (χ1v) is 3.85. The van der Waals surface area contributed by atoms with Crippen molar-refractivity contribution in [2.45, 2.75) is 19.4 Å². The maximum atomic E-state index is 9.04. The van der Waals surface area contributed by atoms with Crippen molar-refractivity contribution in [1.82, 2.24) is 4.98 Å². The summed E-state index contributed by atoms with van der Waals surface area (Å²) in [4.78, 5) is 3.89. The number of hydrogen-bond acceptors (Lipinski definition) is 2. The maximum Gasteiger partial charge on any atom is 0.132 e. The fraction of sp³-hybridized carbons (Fsp3) is 0.375. The molecule has 0 aliphatic carbocycles. The Morgan fingerprint density at radius 1 is 1.73 bits per heavy atom. The molecule has 0 spiro atoms. The lowest BCUT2D eigenvalue weighted by Crippen LogP contribution is -2.04. The van der Waals surface area contributed by atoms with Crippen LogP contribution >= 0.6 is 11.6 Å². The predicted octanol–water partition coefficient (Wildman–Crippen LogP) is 1.66. The highest BCUT2D eigenvalue weighted by Gasteiger charge is 2.02. The molecule has 1 N–H and O–H groups in total. The molecule has 1 atom stereocenters. The second-order valence-corrected chi connectivity index (χ2v) is 2.86. The second-order valence-electron chi connectivity index (χ2n) is 2.51. The van der Waals surface area contributed by atoms with Gasteiger partial charge in [-0.25, -0.2) is 4.98 Å². The van der Waals surface area contributed by atoms with Gasteiger partial charge < -0.3 is 5.11 Å². The quantitative estimate of drug-likeness (QED) is 0.687. The largest absolute Gasteiger partial charge is 0.393 e. The normalized spacial score (nSPS) is 13.0. The molecule has 3 heteroatoms. The van der Waals surface area contributed by atoms with Crippen LogP contribution < -0.4 is 0 Å². The van der Waals surface area contributed by atoms with E-state index in [4.69, 9.17) is 16.7 Å². The molecule has 0 aliphatic heterocycles. The van der Waals surface area contributed by atoms with E-state index in [-0.39, 0.29) is 6.10 Å². The van der Waals surface area contributed by atoms with Crippen molar-refractivity contribution in [2.75, 3.05) is 0 Å². The minimum Gasteiger partial charge on any atom is -0.393 e. The average molecular weight is 172 g/mol. The molecule has 1 rings (SSSR count). The molecule has 60 valence electrons. The highest BCUT2D eigenvalue weighted by molar-refractivity contribution is 6.30. The first kappa shape index (κ1) is 8.50. The Morgan fingerprint density at radius 2 is 2.45 bits per heavy atom. The molecule has 0 aliphatic rings. The number of rotatable bonds is 2. The number of pyridine rings is 1. The van der Waals surface area contributed by atoms with E-state index in [0.717, 1.165) is 5.56 Å². The van der Waals surface area contributed by atoms with E-state index in [1.807, 2.05) is 12.1 Å². The van der Waals surface area contributed by atoms with Crippen molar-refractivity contribution < 1.29 is 5.11 Å². The molecule has 1 heterocycles. The van der Waals surface area contributed by atoms with Gasteiger partial charge in [0.25, 0.3) is 0 Å². The topological polar surface area (TPSA) is 33.1 Å². The van der Waals surface area contributed by atoms with Gasteiger partial charge in [-0.1, -0.05) is 17.7 Å². The summed E-state index contributed by atoms with van der Waals surface area (Å²) in [6.45, 7) is 1.73. The number of aliphatic hydroxyl groups is 1. The standard InChI is InChI=1S/C8H10ClNO/c1-6(11)5-7-3-2-4-10-8(7)9/h2-4,6,11H,5H2,1H3.